The van der Waals surface area contributed by atoms with E-state index in [1.165, 1.54) is 0 Å². The van der Waals surface area contributed by atoms with Crippen LogP contribution in [0.15, 0.2) is 5.38 Å². The van der Waals surface area contributed by atoms with Crippen molar-refractivity contribution in [3.05, 3.63) is 16.1 Å². The second-order valence-corrected chi connectivity index (χ2v) is 6.01. The van der Waals surface area contributed by atoms with Gasteiger partial charge in [-0.1, -0.05) is 20.8 Å². The number of hydrogen-bond donors (Lipinski definition) is 1. The first-order valence-electron chi connectivity index (χ1n) is 5.25. The molecule has 5 heteroatoms. The van der Waals surface area contributed by atoms with Gasteiger partial charge in [-0.15, -0.1) is 11.3 Å². The highest BCUT2D eigenvalue weighted by Crippen LogP contribution is 2.22. The van der Waals surface area contributed by atoms with E-state index in [-0.39, 0.29) is 5.92 Å². The number of carboxylic acids is 1. The third-order valence-corrected chi connectivity index (χ3v) is 4.53. The standard InChI is InChI=1S/C11H17NO2S2/c1-7(2)10-12-9(6-16-10)5-15-4-8(3)11(13)14/h6-8H,4-5H2,1-3H3,(H,13,14). The Morgan fingerprint density at radius 2 is 2.25 bits per heavy atom. The first-order valence-corrected chi connectivity index (χ1v) is 7.29. The van der Waals surface area contributed by atoms with Crippen molar-refractivity contribution in [2.24, 2.45) is 5.92 Å². The van der Waals surface area contributed by atoms with Gasteiger partial charge in [-0.05, 0) is 0 Å². The minimum absolute atomic E-state index is 0.284. The maximum absolute atomic E-state index is 10.6. The number of nitrogens with zero attached hydrogens (tertiary/aromatic N) is 1. The number of aromatic nitrogens is 1. The summed E-state index contributed by atoms with van der Waals surface area (Å²) in [5.74, 6) is 0.911. The average molecular weight is 259 g/mol. The molecule has 1 heterocycles. The van der Waals surface area contributed by atoms with E-state index in [1.54, 1.807) is 30.0 Å². The van der Waals surface area contributed by atoms with Gasteiger partial charge in [0.2, 0.25) is 0 Å². The zero-order valence-corrected chi connectivity index (χ0v) is 11.4. The number of thioether (sulfide) groups is 1. The van der Waals surface area contributed by atoms with Crippen molar-refractivity contribution < 1.29 is 9.90 Å². The topological polar surface area (TPSA) is 50.2 Å². The fraction of sp³-hybridized carbons (Fsp3) is 0.636. The molecule has 0 aliphatic rings. The molecular formula is C11H17NO2S2. The quantitative estimate of drug-likeness (QED) is 0.852. The van der Waals surface area contributed by atoms with Gasteiger partial charge in [-0.3, -0.25) is 4.79 Å². The summed E-state index contributed by atoms with van der Waals surface area (Å²) in [6, 6.07) is 0. The molecule has 1 unspecified atom stereocenters. The molecule has 1 N–H and O–H groups in total. The fourth-order valence-corrected chi connectivity index (χ4v) is 2.98. The van der Waals surface area contributed by atoms with E-state index in [2.05, 4.69) is 24.2 Å². The van der Waals surface area contributed by atoms with Crippen molar-refractivity contribution in [1.29, 1.82) is 0 Å². The van der Waals surface area contributed by atoms with Gasteiger partial charge in [0, 0.05) is 22.8 Å². The highest BCUT2D eigenvalue weighted by molar-refractivity contribution is 7.98. The van der Waals surface area contributed by atoms with Crippen molar-refractivity contribution in [3.63, 3.8) is 0 Å². The highest BCUT2D eigenvalue weighted by atomic mass is 32.2. The van der Waals surface area contributed by atoms with E-state index < -0.39 is 5.97 Å². The minimum atomic E-state index is -0.728. The predicted octanol–water partition coefficient (Wildman–Crippen LogP) is 3.22. The number of carboxylic acid groups (broad SMARTS) is 1. The first-order chi connectivity index (χ1) is 7.50. The van der Waals surface area contributed by atoms with Crippen LogP contribution in [0, 0.1) is 5.92 Å². The van der Waals surface area contributed by atoms with Crippen molar-refractivity contribution in [1.82, 2.24) is 4.98 Å². The van der Waals surface area contributed by atoms with Crippen LogP contribution < -0.4 is 0 Å². The Hall–Kier alpha value is -0.550. The minimum Gasteiger partial charge on any atom is -0.481 e. The second kappa shape index (κ2) is 6.25. The maximum atomic E-state index is 10.6. The number of aliphatic carboxylic acids is 1. The second-order valence-electron chi connectivity index (χ2n) is 4.09. The van der Waals surface area contributed by atoms with Crippen LogP contribution >= 0.6 is 23.1 Å². The van der Waals surface area contributed by atoms with Gasteiger partial charge in [-0.25, -0.2) is 4.98 Å². The lowest BCUT2D eigenvalue weighted by Crippen LogP contribution is -2.11. The average Bonchev–Trinajstić information content (AvgIpc) is 2.66. The van der Waals surface area contributed by atoms with Gasteiger partial charge in [-0.2, -0.15) is 11.8 Å². The van der Waals surface area contributed by atoms with Gasteiger partial charge in [0.15, 0.2) is 0 Å². The molecule has 0 bridgehead atoms. The van der Waals surface area contributed by atoms with Gasteiger partial charge in [0.05, 0.1) is 16.6 Å². The van der Waals surface area contributed by atoms with Crippen molar-refractivity contribution in [2.75, 3.05) is 5.75 Å². The third kappa shape index (κ3) is 4.14. The number of thiazole rings is 1. The van der Waals surface area contributed by atoms with Crippen molar-refractivity contribution >= 4 is 29.1 Å². The first kappa shape index (κ1) is 13.5. The molecule has 0 saturated heterocycles. The molecule has 0 aromatic carbocycles. The summed E-state index contributed by atoms with van der Waals surface area (Å²) in [5.41, 5.74) is 1.07. The van der Waals surface area contributed by atoms with Gasteiger partial charge < -0.3 is 5.11 Å². The Labute approximate surface area is 104 Å². The molecule has 1 aromatic rings. The smallest absolute Gasteiger partial charge is 0.307 e. The Balaban J connectivity index is 2.34. The number of hydrogen-bond acceptors (Lipinski definition) is 4. The lowest BCUT2D eigenvalue weighted by atomic mass is 10.2. The van der Waals surface area contributed by atoms with Crippen LogP contribution in [-0.4, -0.2) is 21.8 Å². The van der Waals surface area contributed by atoms with E-state index in [1.807, 2.05) is 0 Å². The predicted molar refractivity (Wildman–Crippen MR) is 69.2 cm³/mol. The molecule has 0 aliphatic heterocycles. The largest absolute Gasteiger partial charge is 0.481 e. The lowest BCUT2D eigenvalue weighted by Gasteiger charge is -2.04. The Morgan fingerprint density at radius 3 is 2.75 bits per heavy atom. The molecule has 3 nitrogen and oxygen atoms in total. The molecule has 0 amide bonds. The zero-order valence-electron chi connectivity index (χ0n) is 9.77. The van der Waals surface area contributed by atoms with E-state index in [0.717, 1.165) is 16.5 Å². The van der Waals surface area contributed by atoms with Crippen LogP contribution in [0.1, 0.15) is 37.4 Å². The van der Waals surface area contributed by atoms with E-state index >= 15 is 0 Å². The van der Waals surface area contributed by atoms with E-state index in [4.69, 9.17) is 5.11 Å². The molecule has 1 aromatic heterocycles. The van der Waals surface area contributed by atoms with Crippen LogP contribution in [0.2, 0.25) is 0 Å². The van der Waals surface area contributed by atoms with Crippen LogP contribution in [-0.2, 0) is 10.5 Å². The fourth-order valence-electron chi connectivity index (χ4n) is 1.07. The van der Waals surface area contributed by atoms with Gasteiger partial charge in [0.1, 0.15) is 0 Å². The normalized spacial score (nSPS) is 13.0. The lowest BCUT2D eigenvalue weighted by molar-refractivity contribution is -0.140. The molecule has 90 valence electrons. The molecule has 16 heavy (non-hydrogen) atoms. The molecule has 1 rings (SSSR count). The van der Waals surface area contributed by atoms with Crippen LogP contribution in [0.25, 0.3) is 0 Å². The summed E-state index contributed by atoms with van der Waals surface area (Å²) in [6.07, 6.45) is 0. The van der Waals surface area contributed by atoms with Gasteiger partial charge >= 0.3 is 5.97 Å². The highest BCUT2D eigenvalue weighted by Gasteiger charge is 2.11. The van der Waals surface area contributed by atoms with Crippen LogP contribution in [0.3, 0.4) is 0 Å². The van der Waals surface area contributed by atoms with E-state index in [0.29, 0.717) is 11.7 Å². The zero-order chi connectivity index (χ0) is 12.1. The Bertz CT molecular complexity index is 350. The molecule has 0 spiro atoms. The molecule has 0 radical (unpaired) electrons. The Kier molecular flexibility index (Phi) is 5.28. The summed E-state index contributed by atoms with van der Waals surface area (Å²) >= 11 is 3.31. The van der Waals surface area contributed by atoms with Crippen molar-refractivity contribution in [3.8, 4) is 0 Å². The number of rotatable bonds is 6. The maximum Gasteiger partial charge on any atom is 0.307 e. The summed E-state index contributed by atoms with van der Waals surface area (Å²) in [7, 11) is 0. The third-order valence-electron chi connectivity index (χ3n) is 2.10. The van der Waals surface area contributed by atoms with Gasteiger partial charge in [0.25, 0.3) is 0 Å². The van der Waals surface area contributed by atoms with Crippen molar-refractivity contribution in [2.45, 2.75) is 32.4 Å². The molecule has 0 fully saturated rings. The van der Waals surface area contributed by atoms with E-state index in [9.17, 15) is 4.79 Å². The SMILES string of the molecule is CC(CSCc1csc(C(C)C)n1)C(=O)O. The summed E-state index contributed by atoms with van der Waals surface area (Å²) in [4.78, 5) is 15.1. The molecule has 0 saturated carbocycles. The monoisotopic (exact) mass is 259 g/mol. The van der Waals surface area contributed by atoms with Crippen LogP contribution in [0.5, 0.6) is 0 Å². The van der Waals surface area contributed by atoms with Crippen LogP contribution in [0.4, 0.5) is 0 Å². The summed E-state index contributed by atoms with van der Waals surface area (Å²) in [5, 5.41) is 11.9. The molecule has 1 atom stereocenters. The number of carbonyl (C=O) groups is 1. The molecule has 0 aliphatic carbocycles. The summed E-state index contributed by atoms with van der Waals surface area (Å²) in [6.45, 7) is 5.99. The summed E-state index contributed by atoms with van der Waals surface area (Å²) < 4.78 is 0. The molecular weight excluding hydrogens is 242 g/mol. The Morgan fingerprint density at radius 1 is 1.56 bits per heavy atom.